The van der Waals surface area contributed by atoms with Gasteiger partial charge in [-0.15, -0.1) is 0 Å². The van der Waals surface area contributed by atoms with Crippen LogP contribution in [0.2, 0.25) is 0 Å². The molecule has 20 heavy (non-hydrogen) atoms. The molecule has 1 aliphatic heterocycles. The second-order valence-electron chi connectivity index (χ2n) is 7.72. The highest BCUT2D eigenvalue weighted by Crippen LogP contribution is 2.56. The summed E-state index contributed by atoms with van der Waals surface area (Å²) in [6.07, 6.45) is 5.13. The van der Waals surface area contributed by atoms with Crippen molar-refractivity contribution in [2.75, 3.05) is 0 Å². The normalized spacial score (nSPS) is 44.7. The Morgan fingerprint density at radius 3 is 2.05 bits per heavy atom. The van der Waals surface area contributed by atoms with Gasteiger partial charge in [0.05, 0.1) is 6.04 Å². The van der Waals surface area contributed by atoms with E-state index in [9.17, 15) is 14.7 Å². The SMILES string of the molecule is CC1(C)C(=O)N(C2C3CC4CC(C3)CC2C4)N1C(=O)O. The molecule has 4 bridgehead atoms. The number of carbonyl (C=O) groups is 2. The van der Waals surface area contributed by atoms with Crippen molar-refractivity contribution in [3.05, 3.63) is 0 Å². The van der Waals surface area contributed by atoms with Gasteiger partial charge in [0.25, 0.3) is 5.91 Å². The number of hydrogen-bond acceptors (Lipinski definition) is 2. The van der Waals surface area contributed by atoms with Gasteiger partial charge in [-0.2, -0.15) is 0 Å². The lowest BCUT2D eigenvalue weighted by atomic mass is 9.53. The largest absolute Gasteiger partial charge is 0.464 e. The van der Waals surface area contributed by atoms with Crippen LogP contribution in [0.1, 0.15) is 46.0 Å². The molecule has 0 spiro atoms. The molecule has 1 heterocycles. The van der Waals surface area contributed by atoms with Crippen LogP contribution in [-0.2, 0) is 4.79 Å². The molecular weight excluding hydrogens is 256 g/mol. The van der Waals surface area contributed by atoms with Crippen LogP contribution in [0.25, 0.3) is 0 Å². The first-order chi connectivity index (χ1) is 9.39. The summed E-state index contributed by atoms with van der Waals surface area (Å²) >= 11 is 0. The Hall–Kier alpha value is -1.26. The maximum Gasteiger partial charge on any atom is 0.427 e. The van der Waals surface area contributed by atoms with E-state index in [0.29, 0.717) is 11.8 Å². The van der Waals surface area contributed by atoms with E-state index in [2.05, 4.69) is 0 Å². The highest BCUT2D eigenvalue weighted by atomic mass is 16.4. The fourth-order valence-electron chi connectivity index (χ4n) is 5.58. The van der Waals surface area contributed by atoms with Gasteiger partial charge < -0.3 is 5.11 Å². The molecule has 0 unspecified atom stereocenters. The molecule has 5 aliphatic rings. The van der Waals surface area contributed by atoms with Crippen LogP contribution in [0.15, 0.2) is 0 Å². The molecule has 5 heteroatoms. The predicted octanol–water partition coefficient (Wildman–Crippen LogP) is 2.33. The lowest BCUT2D eigenvalue weighted by molar-refractivity contribution is -0.233. The van der Waals surface area contributed by atoms with Gasteiger partial charge in [-0.3, -0.25) is 4.79 Å². The van der Waals surface area contributed by atoms with Crippen molar-refractivity contribution >= 4 is 12.0 Å². The molecule has 0 aromatic carbocycles. The summed E-state index contributed by atoms with van der Waals surface area (Å²) in [6.45, 7) is 3.41. The Balaban J connectivity index is 1.64. The number of nitrogens with zero attached hydrogens (tertiary/aromatic N) is 2. The number of carbonyl (C=O) groups excluding carboxylic acids is 1. The molecule has 1 N–H and O–H groups in total. The van der Waals surface area contributed by atoms with Crippen molar-refractivity contribution < 1.29 is 14.7 Å². The number of rotatable bonds is 1. The molecule has 4 aliphatic carbocycles. The van der Waals surface area contributed by atoms with Crippen LogP contribution >= 0.6 is 0 Å². The Morgan fingerprint density at radius 1 is 1.10 bits per heavy atom. The van der Waals surface area contributed by atoms with E-state index in [1.54, 1.807) is 18.9 Å². The van der Waals surface area contributed by atoms with Crippen LogP contribution in [0.3, 0.4) is 0 Å². The van der Waals surface area contributed by atoms with Crippen molar-refractivity contribution in [1.29, 1.82) is 0 Å². The predicted molar refractivity (Wildman–Crippen MR) is 71.6 cm³/mol. The lowest BCUT2D eigenvalue weighted by Crippen LogP contribution is -2.80. The zero-order valence-electron chi connectivity index (χ0n) is 12.1. The van der Waals surface area contributed by atoms with E-state index in [1.165, 1.54) is 37.1 Å². The van der Waals surface area contributed by atoms with Crippen molar-refractivity contribution in [2.24, 2.45) is 23.7 Å². The first-order valence-electron chi connectivity index (χ1n) is 7.76. The molecule has 0 aromatic heterocycles. The zero-order valence-corrected chi connectivity index (χ0v) is 12.1. The smallest absolute Gasteiger partial charge is 0.427 e. The van der Waals surface area contributed by atoms with Gasteiger partial charge in [0.1, 0.15) is 5.54 Å². The molecule has 1 saturated heterocycles. The van der Waals surface area contributed by atoms with E-state index >= 15 is 0 Å². The highest BCUT2D eigenvalue weighted by molar-refractivity contribution is 5.96. The first kappa shape index (κ1) is 12.5. The number of amides is 2. The average Bonchev–Trinajstić information content (AvgIpc) is 2.34. The highest BCUT2D eigenvalue weighted by Gasteiger charge is 2.62. The van der Waals surface area contributed by atoms with Gasteiger partial charge >= 0.3 is 6.09 Å². The van der Waals surface area contributed by atoms with Crippen molar-refractivity contribution in [2.45, 2.75) is 57.5 Å². The second kappa shape index (κ2) is 3.68. The third-order valence-electron chi connectivity index (χ3n) is 6.12. The van der Waals surface area contributed by atoms with Crippen LogP contribution in [0.5, 0.6) is 0 Å². The quantitative estimate of drug-likeness (QED) is 0.800. The zero-order chi connectivity index (χ0) is 14.2. The van der Waals surface area contributed by atoms with E-state index in [4.69, 9.17) is 0 Å². The van der Waals surface area contributed by atoms with Gasteiger partial charge in [-0.05, 0) is 69.6 Å². The van der Waals surface area contributed by atoms with E-state index in [1.807, 2.05) is 0 Å². The van der Waals surface area contributed by atoms with Crippen LogP contribution in [-0.4, -0.2) is 38.7 Å². The molecular formula is C15H22N2O3. The minimum atomic E-state index is -0.997. The number of hydrazine groups is 1. The molecule has 0 atom stereocenters. The third kappa shape index (κ3) is 1.38. The molecule has 2 amide bonds. The average molecular weight is 278 g/mol. The summed E-state index contributed by atoms with van der Waals surface area (Å²) < 4.78 is 0. The van der Waals surface area contributed by atoms with Gasteiger partial charge in [-0.1, -0.05) is 0 Å². The minimum absolute atomic E-state index is 0.0163. The summed E-state index contributed by atoms with van der Waals surface area (Å²) in [7, 11) is 0. The summed E-state index contributed by atoms with van der Waals surface area (Å²) in [6, 6.07) is 0.138. The van der Waals surface area contributed by atoms with Gasteiger partial charge in [0, 0.05) is 0 Å². The summed E-state index contributed by atoms with van der Waals surface area (Å²) in [5.41, 5.74) is -0.888. The monoisotopic (exact) mass is 278 g/mol. The molecule has 5 rings (SSSR count). The molecule has 110 valence electrons. The molecule has 0 aromatic rings. The summed E-state index contributed by atoms with van der Waals surface area (Å²) in [4.78, 5) is 24.0. The van der Waals surface area contributed by atoms with Crippen LogP contribution in [0.4, 0.5) is 4.79 Å². The van der Waals surface area contributed by atoms with Gasteiger partial charge in [0.2, 0.25) is 0 Å². The maximum atomic E-state index is 12.4. The standard InChI is InChI=1S/C15H22N2O3/c1-15(2)13(18)16(17(15)14(19)20)12-10-4-8-3-9(6-10)7-11(12)5-8/h8-12H,3-7H2,1-2H3,(H,19,20). The van der Waals surface area contributed by atoms with Crippen molar-refractivity contribution in [1.82, 2.24) is 10.0 Å². The Morgan fingerprint density at radius 2 is 1.60 bits per heavy atom. The fraction of sp³-hybridized carbons (Fsp3) is 0.867. The van der Waals surface area contributed by atoms with Gasteiger partial charge in [-0.25, -0.2) is 14.8 Å². The van der Waals surface area contributed by atoms with Gasteiger partial charge in [0.15, 0.2) is 0 Å². The number of hydrogen-bond donors (Lipinski definition) is 1. The number of carboxylic acid groups (broad SMARTS) is 1. The summed E-state index contributed by atoms with van der Waals surface area (Å²) in [5, 5.41) is 12.3. The maximum absolute atomic E-state index is 12.4. The second-order valence-corrected chi connectivity index (χ2v) is 7.72. The lowest BCUT2D eigenvalue weighted by Gasteiger charge is -2.64. The van der Waals surface area contributed by atoms with E-state index in [0.717, 1.165) is 11.8 Å². The topological polar surface area (TPSA) is 60.9 Å². The molecule has 0 radical (unpaired) electrons. The van der Waals surface area contributed by atoms with E-state index < -0.39 is 11.6 Å². The third-order valence-corrected chi connectivity index (χ3v) is 6.12. The minimum Gasteiger partial charge on any atom is -0.464 e. The molecule has 5 fully saturated rings. The van der Waals surface area contributed by atoms with E-state index in [-0.39, 0.29) is 11.9 Å². The summed E-state index contributed by atoms with van der Waals surface area (Å²) in [5.74, 6) is 2.69. The Bertz CT molecular complexity index is 460. The van der Waals surface area contributed by atoms with Crippen LogP contribution in [0, 0.1) is 23.7 Å². The van der Waals surface area contributed by atoms with Crippen molar-refractivity contribution in [3.63, 3.8) is 0 Å². The van der Waals surface area contributed by atoms with Crippen LogP contribution < -0.4 is 0 Å². The Labute approximate surface area is 118 Å². The molecule has 5 nitrogen and oxygen atoms in total. The fourth-order valence-corrected chi connectivity index (χ4v) is 5.58. The molecule has 4 saturated carbocycles. The first-order valence-corrected chi connectivity index (χ1v) is 7.76. The Kier molecular flexibility index (Phi) is 2.30. The van der Waals surface area contributed by atoms with Crippen molar-refractivity contribution in [3.8, 4) is 0 Å².